The molecule has 1 spiro atoms. The van der Waals surface area contributed by atoms with Crippen LogP contribution in [0.4, 0.5) is 5.69 Å². The number of rotatable bonds is 2. The minimum Gasteiger partial charge on any atom is -0.349 e. The summed E-state index contributed by atoms with van der Waals surface area (Å²) >= 11 is 9.69. The predicted octanol–water partition coefficient (Wildman–Crippen LogP) is 5.11. The van der Waals surface area contributed by atoms with E-state index in [9.17, 15) is 19.2 Å². The zero-order chi connectivity index (χ0) is 24.6. The Morgan fingerprint density at radius 1 is 0.886 bits per heavy atom. The second-order valence-corrected chi connectivity index (χ2v) is 10.3. The van der Waals surface area contributed by atoms with E-state index >= 15 is 0 Å². The number of fused-ring (bicyclic) bond motifs is 3. The maximum atomic E-state index is 13.9. The van der Waals surface area contributed by atoms with Crippen molar-refractivity contribution < 1.29 is 23.9 Å². The average molecular weight is 551 g/mol. The third-order valence-electron chi connectivity index (χ3n) is 7.07. The summed E-state index contributed by atoms with van der Waals surface area (Å²) in [5, 5.41) is 0.215. The Labute approximate surface area is 214 Å². The normalized spacial score (nSPS) is 27.2. The first-order valence-electron chi connectivity index (χ1n) is 11.0. The molecule has 2 fully saturated rings. The van der Waals surface area contributed by atoms with Gasteiger partial charge in [0, 0.05) is 15.6 Å². The van der Waals surface area contributed by atoms with Gasteiger partial charge in [0.05, 0.1) is 28.6 Å². The molecule has 2 heterocycles. The van der Waals surface area contributed by atoms with E-state index in [0.717, 1.165) is 10.5 Å². The molecule has 0 saturated carbocycles. The number of carbonyl (C=O) groups excluding carboxylic acids is 4. The monoisotopic (exact) mass is 549 g/mol. The van der Waals surface area contributed by atoms with Crippen molar-refractivity contribution in [2.24, 2.45) is 11.8 Å². The van der Waals surface area contributed by atoms with E-state index in [1.807, 2.05) is 19.1 Å². The molecule has 3 aliphatic rings. The van der Waals surface area contributed by atoms with Gasteiger partial charge in [-0.15, -0.1) is 0 Å². The average Bonchev–Trinajstić information content (AvgIpc) is 3.40. The highest BCUT2D eigenvalue weighted by Crippen LogP contribution is 2.58. The van der Waals surface area contributed by atoms with Gasteiger partial charge in [0.2, 0.25) is 29.0 Å². The lowest BCUT2D eigenvalue weighted by Gasteiger charge is -2.27. The van der Waals surface area contributed by atoms with Crippen LogP contribution < -0.4 is 4.90 Å². The van der Waals surface area contributed by atoms with E-state index in [0.29, 0.717) is 10.0 Å². The van der Waals surface area contributed by atoms with Crippen molar-refractivity contribution >= 4 is 56.6 Å². The molecule has 3 aromatic carbocycles. The first kappa shape index (κ1) is 22.3. The molecule has 1 aliphatic carbocycles. The maximum Gasteiger partial charge on any atom is 0.241 e. The van der Waals surface area contributed by atoms with Crippen molar-refractivity contribution in [3.8, 4) is 0 Å². The number of aryl methyl sites for hydroxylation is 1. The lowest BCUT2D eigenvalue weighted by atomic mass is 9.77. The van der Waals surface area contributed by atoms with Gasteiger partial charge in [-0.05, 0) is 42.8 Å². The van der Waals surface area contributed by atoms with Crippen LogP contribution in [0.3, 0.4) is 0 Å². The van der Waals surface area contributed by atoms with Crippen molar-refractivity contribution in [1.82, 2.24) is 0 Å². The molecule has 0 radical (unpaired) electrons. The Morgan fingerprint density at radius 3 is 2.29 bits per heavy atom. The van der Waals surface area contributed by atoms with Gasteiger partial charge in [0.1, 0.15) is 0 Å². The van der Waals surface area contributed by atoms with Gasteiger partial charge in [0.25, 0.3) is 0 Å². The Kier molecular flexibility index (Phi) is 4.90. The topological polar surface area (TPSA) is 80.8 Å². The van der Waals surface area contributed by atoms with Crippen molar-refractivity contribution in [2.45, 2.75) is 18.6 Å². The minimum atomic E-state index is -2.12. The highest BCUT2D eigenvalue weighted by atomic mass is 79.9. The number of benzene rings is 3. The molecule has 6 rings (SSSR count). The number of hydrogen-bond donors (Lipinski definition) is 0. The summed E-state index contributed by atoms with van der Waals surface area (Å²) in [6, 6.07) is 18.5. The van der Waals surface area contributed by atoms with Gasteiger partial charge < -0.3 is 4.74 Å². The molecule has 3 aromatic rings. The number of ether oxygens (including phenoxy) is 1. The number of nitrogens with zero attached hydrogens (tertiary/aromatic N) is 1. The molecule has 4 atom stereocenters. The van der Waals surface area contributed by atoms with Gasteiger partial charge in [-0.1, -0.05) is 69.5 Å². The largest absolute Gasteiger partial charge is 0.349 e. The van der Waals surface area contributed by atoms with Crippen LogP contribution in [0.2, 0.25) is 5.02 Å². The van der Waals surface area contributed by atoms with E-state index in [4.69, 9.17) is 16.3 Å². The maximum absolute atomic E-state index is 13.9. The third kappa shape index (κ3) is 2.92. The summed E-state index contributed by atoms with van der Waals surface area (Å²) in [6.45, 7) is 1.92. The number of carbonyl (C=O) groups is 4. The second-order valence-electron chi connectivity index (χ2n) is 9.00. The molecule has 0 bridgehead atoms. The van der Waals surface area contributed by atoms with Gasteiger partial charge in [-0.2, -0.15) is 0 Å². The molecule has 2 saturated heterocycles. The summed E-state index contributed by atoms with van der Waals surface area (Å²) < 4.78 is 6.91. The molecule has 2 aliphatic heterocycles. The van der Waals surface area contributed by atoms with Crippen molar-refractivity contribution in [2.75, 3.05) is 4.90 Å². The number of amides is 2. The summed E-state index contributed by atoms with van der Waals surface area (Å²) in [5.74, 6) is -4.80. The number of ketones is 2. The van der Waals surface area contributed by atoms with Crippen molar-refractivity contribution in [1.29, 1.82) is 0 Å². The van der Waals surface area contributed by atoms with E-state index in [1.165, 1.54) is 0 Å². The SMILES string of the molecule is Cc1ccc([C@H]2OC3(C(=O)c4ccc(Br)cc4C3=O)[C@H]3C(=O)N(c4ccccc4Cl)C(=O)[C@@H]23)cc1. The Balaban J connectivity index is 1.56. The van der Waals surface area contributed by atoms with Gasteiger partial charge in [-0.25, -0.2) is 4.90 Å². The Hall–Kier alpha value is -3.13. The van der Waals surface area contributed by atoms with Crippen LogP contribution in [0.15, 0.2) is 71.2 Å². The predicted molar refractivity (Wildman–Crippen MR) is 131 cm³/mol. The van der Waals surface area contributed by atoms with Gasteiger partial charge >= 0.3 is 0 Å². The standard InChI is InChI=1S/C27H17BrClNO5/c1-13-6-8-14(9-7-13)22-20-21(26(34)30(25(20)33)19-5-3-2-4-18(19)29)27(35-22)23(31)16-11-10-15(28)12-17(16)24(27)32/h2-12,20-22H,1H3/t20-,21-,22-,27?/m1/s1. The number of Topliss-reactive ketones (excluding diaryl/α,β-unsaturated/α-hetero) is 2. The van der Waals surface area contributed by atoms with Crippen molar-refractivity contribution in [3.05, 3.63) is 98.5 Å². The lowest BCUT2D eigenvalue weighted by Crippen LogP contribution is -2.51. The van der Waals surface area contributed by atoms with E-state index in [1.54, 1.807) is 54.6 Å². The number of anilines is 1. The highest BCUT2D eigenvalue weighted by molar-refractivity contribution is 9.10. The molecule has 0 N–H and O–H groups in total. The molecule has 0 aromatic heterocycles. The molecule has 6 nitrogen and oxygen atoms in total. The molecule has 35 heavy (non-hydrogen) atoms. The summed E-state index contributed by atoms with van der Waals surface area (Å²) in [6.07, 6.45) is -0.963. The highest BCUT2D eigenvalue weighted by Gasteiger charge is 2.74. The quantitative estimate of drug-likeness (QED) is 0.327. The van der Waals surface area contributed by atoms with Crippen LogP contribution >= 0.6 is 27.5 Å². The number of imide groups is 1. The molecular formula is C27H17BrClNO5. The van der Waals surface area contributed by atoms with Gasteiger partial charge in [0.15, 0.2) is 0 Å². The molecule has 2 amide bonds. The fourth-order valence-electron chi connectivity index (χ4n) is 5.47. The van der Waals surface area contributed by atoms with E-state index in [-0.39, 0.29) is 21.8 Å². The second kappa shape index (κ2) is 7.68. The first-order chi connectivity index (χ1) is 16.8. The Bertz CT molecular complexity index is 1470. The number of hydrogen-bond acceptors (Lipinski definition) is 5. The van der Waals surface area contributed by atoms with E-state index < -0.39 is 46.9 Å². The molecule has 8 heteroatoms. The number of halogens is 2. The van der Waals surface area contributed by atoms with Crippen LogP contribution in [0.25, 0.3) is 0 Å². The smallest absolute Gasteiger partial charge is 0.241 e. The Morgan fingerprint density at radius 2 is 1.57 bits per heavy atom. The third-order valence-corrected chi connectivity index (χ3v) is 7.89. The van der Waals surface area contributed by atoms with Crippen LogP contribution in [0, 0.1) is 18.8 Å². The summed E-state index contributed by atoms with van der Waals surface area (Å²) in [5.41, 5.74) is 0.0558. The van der Waals surface area contributed by atoms with Crippen LogP contribution in [0.1, 0.15) is 37.9 Å². The summed E-state index contributed by atoms with van der Waals surface area (Å²) in [4.78, 5) is 56.4. The molecule has 1 unspecified atom stereocenters. The zero-order valence-electron chi connectivity index (χ0n) is 18.3. The zero-order valence-corrected chi connectivity index (χ0v) is 20.7. The van der Waals surface area contributed by atoms with E-state index in [2.05, 4.69) is 15.9 Å². The molecular weight excluding hydrogens is 534 g/mol. The fraction of sp³-hybridized carbons (Fsp3) is 0.185. The number of para-hydroxylation sites is 1. The minimum absolute atomic E-state index is 0.170. The van der Waals surface area contributed by atoms with Crippen LogP contribution in [-0.4, -0.2) is 29.0 Å². The summed E-state index contributed by atoms with van der Waals surface area (Å²) in [7, 11) is 0. The van der Waals surface area contributed by atoms with Crippen LogP contribution in [-0.2, 0) is 14.3 Å². The van der Waals surface area contributed by atoms with Gasteiger partial charge in [-0.3, -0.25) is 19.2 Å². The van der Waals surface area contributed by atoms with Crippen LogP contribution in [0.5, 0.6) is 0 Å². The first-order valence-corrected chi connectivity index (χ1v) is 12.2. The lowest BCUT2D eigenvalue weighted by molar-refractivity contribution is -0.127. The molecule has 174 valence electrons. The fourth-order valence-corrected chi connectivity index (χ4v) is 6.05. The van der Waals surface area contributed by atoms with Crippen molar-refractivity contribution in [3.63, 3.8) is 0 Å².